The zero-order chi connectivity index (χ0) is 17.4. The number of amides is 1. The van der Waals surface area contributed by atoms with Crippen LogP contribution in [0, 0.1) is 28.6 Å². The van der Waals surface area contributed by atoms with E-state index in [0.717, 1.165) is 37.2 Å². The molecule has 0 radical (unpaired) electrons. The Bertz CT molecular complexity index is 630. The van der Waals surface area contributed by atoms with Crippen LogP contribution in [0.15, 0.2) is 12.2 Å². The minimum atomic E-state index is 0.0275. The van der Waals surface area contributed by atoms with Gasteiger partial charge in [-0.15, -0.1) is 0 Å². The maximum absolute atomic E-state index is 12.3. The molecular formula is C22H33NO2. The van der Waals surface area contributed by atoms with Crippen molar-refractivity contribution in [3.05, 3.63) is 12.2 Å². The average Bonchev–Trinajstić information content (AvgIpc) is 3.18. The number of nitrogens with zero attached hydrogens (tertiary/aromatic N) is 1. The number of ether oxygens (including phenoxy) is 1. The zero-order valence-corrected chi connectivity index (χ0v) is 16.1. The van der Waals surface area contributed by atoms with Crippen molar-refractivity contribution in [1.29, 1.82) is 0 Å². The maximum atomic E-state index is 12.3. The lowest BCUT2D eigenvalue weighted by Crippen LogP contribution is -2.62. The number of carbonyl (C=O) groups excluding carboxylic acids is 1. The fourth-order valence-electron chi connectivity index (χ4n) is 8.18. The second-order valence-electron chi connectivity index (χ2n) is 10.1. The minimum absolute atomic E-state index is 0.0275. The Morgan fingerprint density at radius 2 is 1.88 bits per heavy atom. The largest absolute Gasteiger partial charge is 0.366 e. The topological polar surface area (TPSA) is 29.5 Å². The predicted octanol–water partition coefficient (Wildman–Crippen LogP) is 4.18. The molecule has 0 bridgehead atoms. The molecule has 3 saturated carbocycles. The molecule has 3 heteroatoms. The summed E-state index contributed by atoms with van der Waals surface area (Å²) in [6.07, 6.45) is 14.2. The third-order valence-corrected chi connectivity index (χ3v) is 9.56. The van der Waals surface area contributed by atoms with Crippen molar-refractivity contribution < 1.29 is 9.53 Å². The van der Waals surface area contributed by atoms with E-state index in [-0.39, 0.29) is 5.60 Å². The fraction of sp³-hybridized carbons (Fsp3) is 0.864. The Morgan fingerprint density at radius 3 is 2.64 bits per heavy atom. The van der Waals surface area contributed by atoms with Crippen molar-refractivity contribution in [2.45, 2.75) is 76.9 Å². The molecule has 1 spiro atoms. The van der Waals surface area contributed by atoms with E-state index in [0.29, 0.717) is 22.8 Å². The lowest BCUT2D eigenvalue weighted by molar-refractivity contribution is -0.166. The van der Waals surface area contributed by atoms with Gasteiger partial charge in [-0.3, -0.25) is 4.79 Å². The van der Waals surface area contributed by atoms with Crippen LogP contribution in [-0.4, -0.2) is 36.1 Å². The number of likely N-dealkylation sites (tertiary alicyclic amines) is 1. The normalized spacial score (nSPS) is 54.5. The SMILES string of the molecule is CN1C(=O)CC[C@]2(C)C3CC[C@@]4(C)C(CC[C@@]45C=CCO5)C3CCC12. The van der Waals surface area contributed by atoms with Gasteiger partial charge < -0.3 is 9.64 Å². The van der Waals surface area contributed by atoms with Crippen LogP contribution in [0.5, 0.6) is 0 Å². The molecule has 0 aromatic rings. The van der Waals surface area contributed by atoms with Crippen molar-refractivity contribution in [1.82, 2.24) is 4.90 Å². The summed E-state index contributed by atoms with van der Waals surface area (Å²) in [5.74, 6) is 2.79. The van der Waals surface area contributed by atoms with E-state index in [4.69, 9.17) is 4.74 Å². The molecule has 1 amide bonds. The number of carbonyl (C=O) groups is 1. The predicted molar refractivity (Wildman–Crippen MR) is 98.0 cm³/mol. The van der Waals surface area contributed by atoms with Gasteiger partial charge in [0.2, 0.25) is 5.91 Å². The molecule has 0 aromatic heterocycles. The highest BCUT2D eigenvalue weighted by Gasteiger charge is 2.65. The van der Waals surface area contributed by atoms with E-state index < -0.39 is 0 Å². The van der Waals surface area contributed by atoms with Crippen molar-refractivity contribution in [3.63, 3.8) is 0 Å². The summed E-state index contributed by atoms with van der Waals surface area (Å²) >= 11 is 0. The second-order valence-corrected chi connectivity index (χ2v) is 10.1. The minimum Gasteiger partial charge on any atom is -0.366 e. The highest BCUT2D eigenvalue weighted by molar-refractivity contribution is 5.77. The summed E-state index contributed by atoms with van der Waals surface area (Å²) < 4.78 is 6.35. The van der Waals surface area contributed by atoms with Crippen molar-refractivity contribution >= 4 is 5.91 Å². The summed E-state index contributed by atoms with van der Waals surface area (Å²) in [7, 11) is 2.05. The van der Waals surface area contributed by atoms with Gasteiger partial charge in [-0.25, -0.2) is 0 Å². The Morgan fingerprint density at radius 1 is 1.08 bits per heavy atom. The van der Waals surface area contributed by atoms with E-state index in [2.05, 4.69) is 37.9 Å². The lowest BCUT2D eigenvalue weighted by atomic mass is 9.46. The van der Waals surface area contributed by atoms with E-state index >= 15 is 0 Å². The lowest BCUT2D eigenvalue weighted by Gasteiger charge is -2.62. The van der Waals surface area contributed by atoms with E-state index in [9.17, 15) is 4.79 Å². The van der Waals surface area contributed by atoms with Gasteiger partial charge in [-0.2, -0.15) is 0 Å². The number of fused-ring (bicyclic) bond motifs is 6. The van der Waals surface area contributed by atoms with Crippen molar-refractivity contribution in [3.8, 4) is 0 Å². The first-order valence-electron chi connectivity index (χ1n) is 10.5. The molecule has 3 nitrogen and oxygen atoms in total. The molecule has 5 aliphatic rings. The Kier molecular flexibility index (Phi) is 3.35. The molecule has 2 aliphatic heterocycles. The van der Waals surface area contributed by atoms with E-state index in [1.807, 2.05) is 0 Å². The van der Waals surface area contributed by atoms with Gasteiger partial charge in [-0.05, 0) is 68.1 Å². The molecule has 5 rings (SSSR count). The zero-order valence-electron chi connectivity index (χ0n) is 16.1. The Balaban J connectivity index is 1.48. The second kappa shape index (κ2) is 5.12. The molecule has 0 aromatic carbocycles. The van der Waals surface area contributed by atoms with Gasteiger partial charge in [0.05, 0.1) is 12.2 Å². The molecule has 0 N–H and O–H groups in total. The molecule has 3 aliphatic carbocycles. The average molecular weight is 344 g/mol. The Hall–Kier alpha value is -0.830. The molecular weight excluding hydrogens is 310 g/mol. The molecule has 4 unspecified atom stereocenters. The third-order valence-electron chi connectivity index (χ3n) is 9.56. The van der Waals surface area contributed by atoms with Crippen molar-refractivity contribution in [2.75, 3.05) is 13.7 Å². The fourth-order valence-corrected chi connectivity index (χ4v) is 8.18. The first-order chi connectivity index (χ1) is 11.9. The summed E-state index contributed by atoms with van der Waals surface area (Å²) in [4.78, 5) is 14.4. The highest BCUT2D eigenvalue weighted by atomic mass is 16.5. The van der Waals surface area contributed by atoms with Crippen LogP contribution in [0.2, 0.25) is 0 Å². The van der Waals surface area contributed by atoms with Gasteiger partial charge in [-0.1, -0.05) is 26.0 Å². The van der Waals surface area contributed by atoms with Crippen LogP contribution in [0.1, 0.15) is 65.2 Å². The summed E-state index contributed by atoms with van der Waals surface area (Å²) in [6, 6.07) is 0.470. The standard InChI is InChI=1S/C22H33NO2/c1-20-11-9-19(24)23(3)18(20)6-5-15-16(20)7-12-21(2)17(15)8-13-22(21)10-4-14-25-22/h4,10,15-18H,5-9,11-14H2,1-3H3/t15?,16?,17?,18?,20-,21+,22+/m1/s1. The highest BCUT2D eigenvalue weighted by Crippen LogP contribution is 2.68. The molecule has 4 fully saturated rings. The van der Waals surface area contributed by atoms with E-state index in [1.54, 1.807) is 0 Å². The number of hydrogen-bond acceptors (Lipinski definition) is 2. The third kappa shape index (κ3) is 1.89. The van der Waals surface area contributed by atoms with Gasteiger partial charge in [0.1, 0.15) is 0 Å². The van der Waals surface area contributed by atoms with Gasteiger partial charge in [0.15, 0.2) is 0 Å². The van der Waals surface area contributed by atoms with Crippen LogP contribution in [0.25, 0.3) is 0 Å². The summed E-state index contributed by atoms with van der Waals surface area (Å²) in [5.41, 5.74) is 0.676. The molecule has 25 heavy (non-hydrogen) atoms. The van der Waals surface area contributed by atoms with Gasteiger partial charge in [0, 0.05) is 24.9 Å². The number of hydrogen-bond donors (Lipinski definition) is 0. The van der Waals surface area contributed by atoms with Crippen LogP contribution in [-0.2, 0) is 9.53 Å². The van der Waals surface area contributed by atoms with Crippen LogP contribution in [0.4, 0.5) is 0 Å². The smallest absolute Gasteiger partial charge is 0.222 e. The summed E-state index contributed by atoms with van der Waals surface area (Å²) in [5, 5.41) is 0. The van der Waals surface area contributed by atoms with Crippen LogP contribution >= 0.6 is 0 Å². The first-order valence-corrected chi connectivity index (χ1v) is 10.5. The number of piperidine rings is 1. The summed E-state index contributed by atoms with van der Waals surface area (Å²) in [6.45, 7) is 5.85. The maximum Gasteiger partial charge on any atom is 0.222 e. The molecule has 138 valence electrons. The van der Waals surface area contributed by atoms with Gasteiger partial charge in [0.25, 0.3) is 0 Å². The quantitative estimate of drug-likeness (QED) is 0.618. The molecule has 2 heterocycles. The van der Waals surface area contributed by atoms with Crippen molar-refractivity contribution in [2.24, 2.45) is 28.6 Å². The van der Waals surface area contributed by atoms with E-state index in [1.165, 1.54) is 38.5 Å². The monoisotopic (exact) mass is 343 g/mol. The Labute approximate surface area is 152 Å². The van der Waals surface area contributed by atoms with Crippen LogP contribution < -0.4 is 0 Å². The number of rotatable bonds is 0. The molecule has 1 saturated heterocycles. The first kappa shape index (κ1) is 16.4. The van der Waals surface area contributed by atoms with Gasteiger partial charge >= 0.3 is 0 Å². The molecule has 7 atom stereocenters. The van der Waals surface area contributed by atoms with Crippen LogP contribution in [0.3, 0.4) is 0 Å².